The van der Waals surface area contributed by atoms with E-state index in [1.165, 1.54) is 6.42 Å². The molecular formula is C23H32F2O2. The average Bonchev–Trinajstić information content (AvgIpc) is 2.70. The van der Waals surface area contributed by atoms with Gasteiger partial charge in [-0.1, -0.05) is 25.1 Å². The molecule has 2 unspecified atom stereocenters. The molecule has 1 saturated heterocycles. The molecule has 150 valence electrons. The third-order valence-corrected chi connectivity index (χ3v) is 6.17. The summed E-state index contributed by atoms with van der Waals surface area (Å²) in [5.41, 5.74) is 0.517. The normalized spacial score (nSPS) is 29.2. The first-order chi connectivity index (χ1) is 13.1. The first-order valence-corrected chi connectivity index (χ1v) is 10.5. The van der Waals surface area contributed by atoms with Crippen LogP contribution in [0.3, 0.4) is 0 Å². The molecule has 3 rings (SSSR count). The zero-order valence-corrected chi connectivity index (χ0v) is 16.6. The summed E-state index contributed by atoms with van der Waals surface area (Å²) in [6, 6.07) is 3.31. The zero-order valence-electron chi connectivity index (χ0n) is 16.6. The monoisotopic (exact) mass is 378 g/mol. The predicted octanol–water partition coefficient (Wildman–Crippen LogP) is 6.40. The molecule has 1 aromatic carbocycles. The van der Waals surface area contributed by atoms with Crippen LogP contribution in [-0.4, -0.2) is 19.3 Å². The standard InChI is InChI=1S/C23H32F2O2/c1-3-5-19-11-10-18(15-27-19)16-6-8-17(9-7-16)20-12-13-21(26-14-4-2)23(25)22(20)24/h3,5,12-13,16-19H,4,6-11,14-15H2,1-2H3/b5-3+. The number of hydrogen-bond donors (Lipinski definition) is 0. The largest absolute Gasteiger partial charge is 0.490 e. The van der Waals surface area contributed by atoms with Crippen LogP contribution < -0.4 is 4.74 Å². The molecule has 0 bridgehead atoms. The Hall–Kier alpha value is -1.42. The summed E-state index contributed by atoms with van der Waals surface area (Å²) in [5.74, 6) is -0.161. The molecule has 0 aromatic heterocycles. The summed E-state index contributed by atoms with van der Waals surface area (Å²) in [6.07, 6.45) is 11.5. The number of halogens is 2. The Labute approximate surface area is 161 Å². The van der Waals surface area contributed by atoms with Crippen LogP contribution in [0, 0.1) is 23.5 Å². The Morgan fingerprint density at radius 1 is 1.04 bits per heavy atom. The highest BCUT2D eigenvalue weighted by Crippen LogP contribution is 2.42. The fourth-order valence-corrected chi connectivity index (χ4v) is 4.62. The lowest BCUT2D eigenvalue weighted by atomic mass is 9.72. The molecular weight excluding hydrogens is 346 g/mol. The molecule has 1 heterocycles. The van der Waals surface area contributed by atoms with Gasteiger partial charge in [-0.2, -0.15) is 4.39 Å². The quantitative estimate of drug-likeness (QED) is 0.533. The predicted molar refractivity (Wildman–Crippen MR) is 104 cm³/mol. The minimum atomic E-state index is -0.834. The SMILES string of the molecule is C/C=C/C1CCC(C2CCC(c3ccc(OCCC)c(F)c3F)CC2)CO1. The number of rotatable bonds is 6. The lowest BCUT2D eigenvalue weighted by Gasteiger charge is -2.37. The van der Waals surface area contributed by atoms with Crippen LogP contribution in [0.4, 0.5) is 8.78 Å². The molecule has 2 aliphatic rings. The Balaban J connectivity index is 1.56. The fraction of sp³-hybridized carbons (Fsp3) is 0.652. The first kappa shape index (κ1) is 20.3. The molecule has 2 nitrogen and oxygen atoms in total. The summed E-state index contributed by atoms with van der Waals surface area (Å²) in [5, 5.41) is 0. The third-order valence-electron chi connectivity index (χ3n) is 6.17. The van der Waals surface area contributed by atoms with Crippen molar-refractivity contribution in [3.63, 3.8) is 0 Å². The van der Waals surface area contributed by atoms with Gasteiger partial charge in [0.05, 0.1) is 19.3 Å². The van der Waals surface area contributed by atoms with Crippen LogP contribution in [0.15, 0.2) is 24.3 Å². The van der Waals surface area contributed by atoms with E-state index in [1.807, 2.05) is 13.8 Å². The third kappa shape index (κ3) is 4.90. The highest BCUT2D eigenvalue weighted by atomic mass is 19.2. The maximum atomic E-state index is 14.6. The van der Waals surface area contributed by atoms with Crippen LogP contribution in [0.2, 0.25) is 0 Å². The van der Waals surface area contributed by atoms with Crippen LogP contribution in [-0.2, 0) is 4.74 Å². The highest BCUT2D eigenvalue weighted by molar-refractivity contribution is 5.33. The van der Waals surface area contributed by atoms with E-state index >= 15 is 0 Å². The maximum absolute atomic E-state index is 14.6. The van der Waals surface area contributed by atoms with Gasteiger partial charge in [0.25, 0.3) is 0 Å². The molecule has 1 aliphatic carbocycles. The lowest BCUT2D eigenvalue weighted by Crippen LogP contribution is -2.31. The van der Waals surface area contributed by atoms with Crippen LogP contribution in [0.5, 0.6) is 5.75 Å². The minimum absolute atomic E-state index is 0.0295. The summed E-state index contributed by atoms with van der Waals surface area (Å²) in [4.78, 5) is 0. The van der Waals surface area contributed by atoms with Gasteiger partial charge in [-0.3, -0.25) is 0 Å². The van der Waals surface area contributed by atoms with Gasteiger partial charge in [-0.05, 0) is 81.3 Å². The Morgan fingerprint density at radius 3 is 2.41 bits per heavy atom. The number of benzene rings is 1. The van der Waals surface area contributed by atoms with Crippen LogP contribution >= 0.6 is 0 Å². The Morgan fingerprint density at radius 2 is 1.78 bits per heavy atom. The van der Waals surface area contributed by atoms with E-state index in [0.29, 0.717) is 24.0 Å². The van der Waals surface area contributed by atoms with E-state index in [4.69, 9.17) is 9.47 Å². The van der Waals surface area contributed by atoms with Gasteiger partial charge in [0, 0.05) is 0 Å². The topological polar surface area (TPSA) is 18.5 Å². The van der Waals surface area contributed by atoms with Gasteiger partial charge in [0.2, 0.25) is 5.82 Å². The van der Waals surface area contributed by atoms with E-state index in [-0.39, 0.29) is 17.8 Å². The van der Waals surface area contributed by atoms with Crippen molar-refractivity contribution in [2.24, 2.45) is 11.8 Å². The van der Waals surface area contributed by atoms with Crippen molar-refractivity contribution in [1.29, 1.82) is 0 Å². The zero-order chi connectivity index (χ0) is 19.2. The molecule has 1 aromatic rings. The highest BCUT2D eigenvalue weighted by Gasteiger charge is 2.32. The van der Waals surface area contributed by atoms with Gasteiger partial charge >= 0.3 is 0 Å². The molecule has 1 aliphatic heterocycles. The van der Waals surface area contributed by atoms with E-state index in [9.17, 15) is 8.78 Å². The van der Waals surface area contributed by atoms with Crippen molar-refractivity contribution in [1.82, 2.24) is 0 Å². The summed E-state index contributed by atoms with van der Waals surface area (Å²) in [6.45, 7) is 5.20. The Kier molecular flexibility index (Phi) is 7.28. The number of hydrogen-bond acceptors (Lipinski definition) is 2. The average molecular weight is 379 g/mol. The second-order valence-electron chi connectivity index (χ2n) is 7.98. The second-order valence-corrected chi connectivity index (χ2v) is 7.98. The van der Waals surface area contributed by atoms with Gasteiger partial charge in [0.15, 0.2) is 11.6 Å². The molecule has 0 N–H and O–H groups in total. The molecule has 2 atom stereocenters. The number of ether oxygens (including phenoxy) is 2. The van der Waals surface area contributed by atoms with E-state index in [2.05, 4.69) is 12.2 Å². The second kappa shape index (κ2) is 9.68. The van der Waals surface area contributed by atoms with Crippen molar-refractivity contribution in [3.05, 3.63) is 41.5 Å². The van der Waals surface area contributed by atoms with Crippen LogP contribution in [0.1, 0.15) is 70.3 Å². The van der Waals surface area contributed by atoms with E-state index < -0.39 is 11.6 Å². The molecule has 2 fully saturated rings. The van der Waals surface area contributed by atoms with Gasteiger partial charge in [-0.25, -0.2) is 4.39 Å². The molecule has 27 heavy (non-hydrogen) atoms. The van der Waals surface area contributed by atoms with Gasteiger partial charge in [-0.15, -0.1) is 0 Å². The van der Waals surface area contributed by atoms with Gasteiger partial charge < -0.3 is 9.47 Å². The first-order valence-electron chi connectivity index (χ1n) is 10.5. The fourth-order valence-electron chi connectivity index (χ4n) is 4.62. The van der Waals surface area contributed by atoms with Crippen molar-refractivity contribution >= 4 is 0 Å². The molecule has 0 amide bonds. The molecule has 0 radical (unpaired) electrons. The molecule has 4 heteroatoms. The van der Waals surface area contributed by atoms with Crippen LogP contribution in [0.25, 0.3) is 0 Å². The van der Waals surface area contributed by atoms with Crippen molar-refractivity contribution in [3.8, 4) is 5.75 Å². The van der Waals surface area contributed by atoms with Crippen molar-refractivity contribution in [2.45, 2.75) is 70.8 Å². The molecule has 0 spiro atoms. The van der Waals surface area contributed by atoms with E-state index in [1.54, 1.807) is 12.1 Å². The smallest absolute Gasteiger partial charge is 0.200 e. The maximum Gasteiger partial charge on any atom is 0.200 e. The van der Waals surface area contributed by atoms with Crippen molar-refractivity contribution < 1.29 is 18.3 Å². The Bertz CT molecular complexity index is 628. The van der Waals surface area contributed by atoms with E-state index in [0.717, 1.165) is 45.1 Å². The van der Waals surface area contributed by atoms with Gasteiger partial charge in [0.1, 0.15) is 0 Å². The number of allylic oxidation sites excluding steroid dienone is 1. The summed E-state index contributed by atoms with van der Waals surface area (Å²) >= 11 is 0. The molecule has 1 saturated carbocycles. The lowest BCUT2D eigenvalue weighted by molar-refractivity contribution is -0.0150. The summed E-state index contributed by atoms with van der Waals surface area (Å²) in [7, 11) is 0. The minimum Gasteiger partial charge on any atom is -0.490 e. The summed E-state index contributed by atoms with van der Waals surface area (Å²) < 4.78 is 40.1. The van der Waals surface area contributed by atoms with Crippen molar-refractivity contribution in [2.75, 3.05) is 13.2 Å².